The van der Waals surface area contributed by atoms with Crippen molar-refractivity contribution < 1.29 is 4.79 Å². The second-order valence-electron chi connectivity index (χ2n) is 5.05. The molecular formula is C18H21NOS. The average Bonchev–Trinajstić information content (AvgIpc) is 2.54. The summed E-state index contributed by atoms with van der Waals surface area (Å²) >= 11 is 1.71. The lowest BCUT2D eigenvalue weighted by Crippen LogP contribution is -2.26. The normalized spacial score (nSPS) is 11.9. The first kappa shape index (κ1) is 15.6. The zero-order valence-corrected chi connectivity index (χ0v) is 13.3. The van der Waals surface area contributed by atoms with Gasteiger partial charge in [0.2, 0.25) is 5.91 Å². The molecule has 21 heavy (non-hydrogen) atoms. The van der Waals surface area contributed by atoms with E-state index in [9.17, 15) is 4.79 Å². The number of carbonyl (C=O) groups excluding carboxylic acids is 1. The second kappa shape index (κ2) is 7.89. The molecule has 0 unspecified atom stereocenters. The minimum atomic E-state index is 0.0420. The number of nitrogens with one attached hydrogen (secondary N) is 1. The molecule has 0 saturated heterocycles. The molecule has 2 rings (SSSR count). The van der Waals surface area contributed by atoms with Gasteiger partial charge in [0, 0.05) is 11.3 Å². The number of carbonyl (C=O) groups is 1. The highest BCUT2D eigenvalue weighted by Crippen LogP contribution is 2.20. The molecule has 2 aromatic carbocycles. The van der Waals surface area contributed by atoms with Crippen molar-refractivity contribution >= 4 is 17.7 Å². The van der Waals surface area contributed by atoms with Gasteiger partial charge in [0.05, 0.1) is 6.04 Å². The van der Waals surface area contributed by atoms with Crippen LogP contribution in [-0.4, -0.2) is 12.2 Å². The SMILES string of the molecule is CSc1cccc([C@@H](C)NC(=O)CCc2ccccc2)c1. The quantitative estimate of drug-likeness (QED) is 0.809. The van der Waals surface area contributed by atoms with Crippen molar-refractivity contribution in [2.75, 3.05) is 6.26 Å². The third kappa shape index (κ3) is 4.94. The highest BCUT2D eigenvalue weighted by atomic mass is 32.2. The zero-order chi connectivity index (χ0) is 15.1. The number of hydrogen-bond donors (Lipinski definition) is 1. The lowest BCUT2D eigenvalue weighted by atomic mass is 10.1. The smallest absolute Gasteiger partial charge is 0.220 e. The van der Waals surface area contributed by atoms with Crippen LogP contribution in [-0.2, 0) is 11.2 Å². The summed E-state index contributed by atoms with van der Waals surface area (Å²) in [5, 5.41) is 3.07. The van der Waals surface area contributed by atoms with E-state index in [0.717, 1.165) is 12.0 Å². The number of amides is 1. The van der Waals surface area contributed by atoms with Crippen molar-refractivity contribution in [2.24, 2.45) is 0 Å². The number of rotatable bonds is 6. The Bertz CT molecular complexity index is 583. The summed E-state index contributed by atoms with van der Waals surface area (Å²) in [5.74, 6) is 0.0981. The van der Waals surface area contributed by atoms with Crippen LogP contribution >= 0.6 is 11.8 Å². The molecule has 0 aliphatic heterocycles. The van der Waals surface area contributed by atoms with Crippen LogP contribution in [0.3, 0.4) is 0 Å². The van der Waals surface area contributed by atoms with Crippen molar-refractivity contribution in [3.8, 4) is 0 Å². The standard InChI is InChI=1S/C18H21NOS/c1-14(16-9-6-10-17(13-16)21-2)19-18(20)12-11-15-7-4-3-5-8-15/h3-10,13-14H,11-12H2,1-2H3,(H,19,20)/t14-/m1/s1. The van der Waals surface area contributed by atoms with E-state index < -0.39 is 0 Å². The first-order valence-corrected chi connectivity index (χ1v) is 8.39. The maximum Gasteiger partial charge on any atom is 0.220 e. The highest BCUT2D eigenvalue weighted by Gasteiger charge is 2.10. The highest BCUT2D eigenvalue weighted by molar-refractivity contribution is 7.98. The van der Waals surface area contributed by atoms with Crippen LogP contribution in [0.4, 0.5) is 0 Å². The number of benzene rings is 2. The Labute approximate surface area is 131 Å². The van der Waals surface area contributed by atoms with Gasteiger partial charge in [-0.15, -0.1) is 11.8 Å². The Balaban J connectivity index is 1.87. The number of aryl methyl sites for hydroxylation is 1. The van der Waals surface area contributed by atoms with E-state index in [1.165, 1.54) is 10.5 Å². The monoisotopic (exact) mass is 299 g/mol. The molecule has 1 amide bonds. The summed E-state index contributed by atoms with van der Waals surface area (Å²) in [4.78, 5) is 13.3. The van der Waals surface area contributed by atoms with Crippen molar-refractivity contribution in [3.63, 3.8) is 0 Å². The summed E-state index contributed by atoms with van der Waals surface area (Å²) in [7, 11) is 0. The number of thioether (sulfide) groups is 1. The minimum absolute atomic E-state index is 0.0420. The maximum atomic E-state index is 12.0. The van der Waals surface area contributed by atoms with Crippen LogP contribution in [0, 0.1) is 0 Å². The fourth-order valence-corrected chi connectivity index (χ4v) is 2.68. The molecule has 0 spiro atoms. The van der Waals surface area contributed by atoms with Gasteiger partial charge in [-0.25, -0.2) is 0 Å². The van der Waals surface area contributed by atoms with E-state index in [0.29, 0.717) is 6.42 Å². The number of hydrogen-bond acceptors (Lipinski definition) is 2. The van der Waals surface area contributed by atoms with Crippen LogP contribution in [0.25, 0.3) is 0 Å². The van der Waals surface area contributed by atoms with E-state index in [1.807, 2.05) is 31.2 Å². The van der Waals surface area contributed by atoms with Gasteiger partial charge in [0.25, 0.3) is 0 Å². The summed E-state index contributed by atoms with van der Waals surface area (Å²) in [6, 6.07) is 18.5. The largest absolute Gasteiger partial charge is 0.350 e. The van der Waals surface area contributed by atoms with E-state index >= 15 is 0 Å². The average molecular weight is 299 g/mol. The summed E-state index contributed by atoms with van der Waals surface area (Å²) in [6.45, 7) is 2.03. The lowest BCUT2D eigenvalue weighted by molar-refractivity contribution is -0.121. The molecular weight excluding hydrogens is 278 g/mol. The van der Waals surface area contributed by atoms with Gasteiger partial charge in [0.15, 0.2) is 0 Å². The Kier molecular flexibility index (Phi) is 5.88. The van der Waals surface area contributed by atoms with Crippen LogP contribution in [0.15, 0.2) is 59.5 Å². The van der Waals surface area contributed by atoms with E-state index in [2.05, 4.69) is 41.9 Å². The van der Waals surface area contributed by atoms with Gasteiger partial charge in [-0.2, -0.15) is 0 Å². The fraction of sp³-hybridized carbons (Fsp3) is 0.278. The topological polar surface area (TPSA) is 29.1 Å². The third-order valence-electron chi connectivity index (χ3n) is 3.45. The van der Waals surface area contributed by atoms with Gasteiger partial charge in [-0.3, -0.25) is 4.79 Å². The molecule has 3 heteroatoms. The Morgan fingerprint density at radius 3 is 2.62 bits per heavy atom. The van der Waals surface area contributed by atoms with Crippen molar-refractivity contribution in [3.05, 3.63) is 65.7 Å². The molecule has 0 aliphatic carbocycles. The van der Waals surface area contributed by atoms with Crippen molar-refractivity contribution in [1.82, 2.24) is 5.32 Å². The van der Waals surface area contributed by atoms with Gasteiger partial charge in [-0.1, -0.05) is 42.5 Å². The summed E-state index contributed by atoms with van der Waals surface area (Å²) in [6.07, 6.45) is 3.36. The predicted molar refractivity (Wildman–Crippen MR) is 89.5 cm³/mol. The Morgan fingerprint density at radius 2 is 1.90 bits per heavy atom. The second-order valence-corrected chi connectivity index (χ2v) is 5.93. The molecule has 0 fully saturated rings. The van der Waals surface area contributed by atoms with Gasteiger partial charge < -0.3 is 5.32 Å². The van der Waals surface area contributed by atoms with Crippen LogP contribution in [0.1, 0.15) is 30.5 Å². The first-order valence-electron chi connectivity index (χ1n) is 7.16. The molecule has 1 N–H and O–H groups in total. The summed E-state index contributed by atoms with van der Waals surface area (Å²) in [5.41, 5.74) is 2.35. The molecule has 0 bridgehead atoms. The molecule has 0 heterocycles. The van der Waals surface area contributed by atoms with E-state index in [-0.39, 0.29) is 11.9 Å². The van der Waals surface area contributed by atoms with Gasteiger partial charge in [0.1, 0.15) is 0 Å². The molecule has 2 nitrogen and oxygen atoms in total. The molecule has 1 atom stereocenters. The zero-order valence-electron chi connectivity index (χ0n) is 12.5. The molecule has 2 aromatic rings. The molecule has 0 aromatic heterocycles. The summed E-state index contributed by atoms with van der Waals surface area (Å²) < 4.78 is 0. The molecule has 110 valence electrons. The Hall–Kier alpha value is -1.74. The van der Waals surface area contributed by atoms with Crippen molar-refractivity contribution in [2.45, 2.75) is 30.7 Å². The van der Waals surface area contributed by atoms with Crippen LogP contribution in [0.5, 0.6) is 0 Å². The van der Waals surface area contributed by atoms with Gasteiger partial charge in [-0.05, 0) is 42.9 Å². The first-order chi connectivity index (χ1) is 10.2. The van der Waals surface area contributed by atoms with Gasteiger partial charge >= 0.3 is 0 Å². The van der Waals surface area contributed by atoms with E-state index in [4.69, 9.17) is 0 Å². The maximum absolute atomic E-state index is 12.0. The minimum Gasteiger partial charge on any atom is -0.350 e. The predicted octanol–water partition coefficient (Wildman–Crippen LogP) is 4.22. The van der Waals surface area contributed by atoms with Crippen LogP contribution < -0.4 is 5.32 Å². The van der Waals surface area contributed by atoms with Crippen LogP contribution in [0.2, 0.25) is 0 Å². The molecule has 0 saturated carbocycles. The molecule has 0 radical (unpaired) electrons. The van der Waals surface area contributed by atoms with E-state index in [1.54, 1.807) is 11.8 Å². The fourth-order valence-electron chi connectivity index (χ4n) is 2.21. The third-order valence-corrected chi connectivity index (χ3v) is 4.18. The molecule has 0 aliphatic rings. The van der Waals surface area contributed by atoms with Crippen molar-refractivity contribution in [1.29, 1.82) is 0 Å². The Morgan fingerprint density at radius 1 is 1.14 bits per heavy atom. The lowest BCUT2D eigenvalue weighted by Gasteiger charge is -2.15.